The molecule has 15 heavy (non-hydrogen) atoms. The molecule has 3 nitrogen and oxygen atoms in total. The van der Waals surface area contributed by atoms with Gasteiger partial charge in [-0.2, -0.15) is 0 Å². The summed E-state index contributed by atoms with van der Waals surface area (Å²) in [4.78, 5) is 11.2. The number of H-pyrrole nitrogens is 1. The smallest absolute Gasteiger partial charge is 0.264 e. The largest absolute Gasteiger partial charge is 0.268 e. The molecule has 0 aliphatic heterocycles. The summed E-state index contributed by atoms with van der Waals surface area (Å²) in [5, 5.41) is 3.44. The molecular weight excluding hydrogens is 212 g/mol. The number of hydrogen-bond acceptors (Lipinski definition) is 1. The van der Waals surface area contributed by atoms with E-state index in [4.69, 9.17) is 11.6 Å². The Hall–Kier alpha value is -1.48. The number of halogens is 1. The van der Waals surface area contributed by atoms with E-state index < -0.39 is 0 Å². The van der Waals surface area contributed by atoms with Gasteiger partial charge in [0.05, 0.1) is 5.69 Å². The van der Waals surface area contributed by atoms with Crippen LogP contribution in [0, 0.1) is 0 Å². The highest BCUT2D eigenvalue weighted by Crippen LogP contribution is 2.13. The highest BCUT2D eigenvalue weighted by Gasteiger charge is 2.03. The van der Waals surface area contributed by atoms with Crippen molar-refractivity contribution in [3.8, 4) is 5.69 Å². The first kappa shape index (κ1) is 10.1. The highest BCUT2D eigenvalue weighted by molar-refractivity contribution is 6.30. The maximum atomic E-state index is 11.2. The lowest BCUT2D eigenvalue weighted by Crippen LogP contribution is -2.04. The molecule has 0 aliphatic rings. The van der Waals surface area contributed by atoms with Gasteiger partial charge in [-0.15, -0.1) is 0 Å². The molecule has 0 amide bonds. The number of benzene rings is 1. The lowest BCUT2D eigenvalue weighted by Gasteiger charge is -2.06. The normalized spacial score (nSPS) is 10.5. The molecule has 2 aromatic rings. The molecule has 0 unspecified atom stereocenters. The van der Waals surface area contributed by atoms with E-state index in [1.807, 2.05) is 19.1 Å². The predicted molar refractivity (Wildman–Crippen MR) is 60.8 cm³/mol. The zero-order valence-electron chi connectivity index (χ0n) is 8.33. The predicted octanol–water partition coefficient (Wildman–Crippen LogP) is 2.38. The van der Waals surface area contributed by atoms with Crippen LogP contribution in [0.25, 0.3) is 5.69 Å². The van der Waals surface area contributed by atoms with Crippen molar-refractivity contribution < 1.29 is 0 Å². The van der Waals surface area contributed by atoms with E-state index >= 15 is 0 Å². The van der Waals surface area contributed by atoms with Crippen molar-refractivity contribution in [2.45, 2.75) is 13.3 Å². The molecule has 0 aliphatic carbocycles. The van der Waals surface area contributed by atoms with Gasteiger partial charge in [0.2, 0.25) is 0 Å². The maximum Gasteiger partial charge on any atom is 0.264 e. The standard InChI is InChI=1S/C11H11ClN2O/c1-2-9-7-11(15)13-14(9)10-5-3-8(12)4-6-10/h3-7H,2H2,1H3,(H,13,15). The number of nitrogens with one attached hydrogen (secondary N) is 1. The Labute approximate surface area is 92.3 Å². The van der Waals surface area contributed by atoms with E-state index in [0.29, 0.717) is 5.02 Å². The number of aromatic nitrogens is 2. The molecule has 0 atom stereocenters. The Morgan fingerprint density at radius 1 is 1.33 bits per heavy atom. The Morgan fingerprint density at radius 2 is 2.00 bits per heavy atom. The number of aryl methyl sites for hydroxylation is 1. The van der Waals surface area contributed by atoms with E-state index in [1.165, 1.54) is 0 Å². The van der Waals surface area contributed by atoms with Crippen molar-refractivity contribution in [2.75, 3.05) is 0 Å². The fourth-order valence-electron chi connectivity index (χ4n) is 1.51. The number of rotatable bonds is 2. The van der Waals surface area contributed by atoms with Gasteiger partial charge in [-0.1, -0.05) is 18.5 Å². The zero-order valence-corrected chi connectivity index (χ0v) is 9.08. The average molecular weight is 223 g/mol. The number of aromatic amines is 1. The maximum absolute atomic E-state index is 11.2. The van der Waals surface area contributed by atoms with E-state index in [-0.39, 0.29) is 5.56 Å². The van der Waals surface area contributed by atoms with Gasteiger partial charge in [0, 0.05) is 16.8 Å². The summed E-state index contributed by atoms with van der Waals surface area (Å²) in [7, 11) is 0. The third kappa shape index (κ3) is 1.97. The van der Waals surface area contributed by atoms with E-state index in [2.05, 4.69) is 5.10 Å². The topological polar surface area (TPSA) is 37.8 Å². The third-order valence-corrected chi connectivity index (χ3v) is 2.51. The second-order valence-electron chi connectivity index (χ2n) is 3.28. The van der Waals surface area contributed by atoms with Gasteiger partial charge in [-0.25, -0.2) is 0 Å². The Balaban J connectivity index is 2.53. The van der Waals surface area contributed by atoms with Crippen molar-refractivity contribution in [2.24, 2.45) is 0 Å². The summed E-state index contributed by atoms with van der Waals surface area (Å²) in [6.07, 6.45) is 0.807. The van der Waals surface area contributed by atoms with Gasteiger partial charge in [-0.05, 0) is 30.7 Å². The third-order valence-electron chi connectivity index (χ3n) is 2.25. The van der Waals surface area contributed by atoms with E-state index in [1.54, 1.807) is 22.9 Å². The molecule has 0 radical (unpaired) electrons. The Kier molecular flexibility index (Phi) is 2.64. The summed E-state index contributed by atoms with van der Waals surface area (Å²) >= 11 is 5.80. The first-order chi connectivity index (χ1) is 7.20. The molecule has 4 heteroatoms. The van der Waals surface area contributed by atoms with Crippen LogP contribution in [0.4, 0.5) is 0 Å². The molecule has 0 bridgehead atoms. The first-order valence-corrected chi connectivity index (χ1v) is 5.15. The molecule has 1 heterocycles. The van der Waals surface area contributed by atoms with E-state index in [0.717, 1.165) is 17.8 Å². The lowest BCUT2D eigenvalue weighted by molar-refractivity contribution is 0.805. The fourth-order valence-corrected chi connectivity index (χ4v) is 1.64. The lowest BCUT2D eigenvalue weighted by atomic mass is 10.3. The van der Waals surface area contributed by atoms with Gasteiger partial charge in [0.25, 0.3) is 5.56 Å². The fraction of sp³-hybridized carbons (Fsp3) is 0.182. The molecule has 0 spiro atoms. The van der Waals surface area contributed by atoms with Crippen molar-refractivity contribution in [1.29, 1.82) is 0 Å². The highest BCUT2D eigenvalue weighted by atomic mass is 35.5. The molecule has 0 saturated carbocycles. The Bertz CT molecular complexity index is 510. The molecule has 2 rings (SSSR count). The molecule has 1 aromatic carbocycles. The molecule has 1 N–H and O–H groups in total. The van der Waals surface area contributed by atoms with Gasteiger partial charge in [0.1, 0.15) is 0 Å². The summed E-state index contributed by atoms with van der Waals surface area (Å²) in [6, 6.07) is 8.95. The molecule has 0 fully saturated rings. The monoisotopic (exact) mass is 222 g/mol. The van der Waals surface area contributed by atoms with Gasteiger partial charge >= 0.3 is 0 Å². The van der Waals surface area contributed by atoms with Gasteiger partial charge in [-0.3, -0.25) is 14.6 Å². The van der Waals surface area contributed by atoms with Gasteiger partial charge < -0.3 is 0 Å². The van der Waals surface area contributed by atoms with Crippen LogP contribution in [0.15, 0.2) is 35.1 Å². The minimum absolute atomic E-state index is 0.0817. The zero-order chi connectivity index (χ0) is 10.8. The molecule has 0 saturated heterocycles. The number of hydrogen-bond donors (Lipinski definition) is 1. The van der Waals surface area contributed by atoms with Crippen molar-refractivity contribution in [3.63, 3.8) is 0 Å². The van der Waals surface area contributed by atoms with E-state index in [9.17, 15) is 4.79 Å². The minimum Gasteiger partial charge on any atom is -0.268 e. The summed E-state index contributed by atoms with van der Waals surface area (Å²) in [6.45, 7) is 2.01. The van der Waals surface area contributed by atoms with Crippen molar-refractivity contribution >= 4 is 11.6 Å². The van der Waals surface area contributed by atoms with Gasteiger partial charge in [0.15, 0.2) is 0 Å². The molecular formula is C11H11ClN2O. The quantitative estimate of drug-likeness (QED) is 0.833. The second kappa shape index (κ2) is 3.95. The van der Waals surface area contributed by atoms with Crippen LogP contribution in [0.1, 0.15) is 12.6 Å². The van der Waals surface area contributed by atoms with Crippen LogP contribution in [0.3, 0.4) is 0 Å². The molecule has 78 valence electrons. The van der Waals surface area contributed by atoms with Crippen LogP contribution >= 0.6 is 11.6 Å². The molecule has 1 aromatic heterocycles. The Morgan fingerprint density at radius 3 is 2.60 bits per heavy atom. The van der Waals surface area contributed by atoms with Crippen LogP contribution in [0.5, 0.6) is 0 Å². The van der Waals surface area contributed by atoms with Crippen molar-refractivity contribution in [3.05, 3.63) is 51.4 Å². The minimum atomic E-state index is -0.0817. The van der Waals surface area contributed by atoms with Crippen LogP contribution in [-0.4, -0.2) is 9.78 Å². The SMILES string of the molecule is CCc1cc(=O)[nH]n1-c1ccc(Cl)cc1. The van der Waals surface area contributed by atoms with Crippen LogP contribution in [0.2, 0.25) is 5.02 Å². The first-order valence-electron chi connectivity index (χ1n) is 4.77. The van der Waals surface area contributed by atoms with Crippen molar-refractivity contribution in [1.82, 2.24) is 9.78 Å². The second-order valence-corrected chi connectivity index (χ2v) is 3.71. The summed E-state index contributed by atoms with van der Waals surface area (Å²) in [5.41, 5.74) is 1.79. The average Bonchev–Trinajstić information content (AvgIpc) is 2.61. The summed E-state index contributed by atoms with van der Waals surface area (Å²) in [5.74, 6) is 0. The van der Waals surface area contributed by atoms with Crippen LogP contribution in [-0.2, 0) is 6.42 Å². The van der Waals surface area contributed by atoms with Crippen LogP contribution < -0.4 is 5.56 Å². The number of nitrogens with zero attached hydrogens (tertiary/aromatic N) is 1. The summed E-state index contributed by atoms with van der Waals surface area (Å²) < 4.78 is 1.78.